The van der Waals surface area contributed by atoms with E-state index in [4.69, 9.17) is 0 Å². The largest absolute Gasteiger partial charge is 0.468 e. The molecule has 20 heteroatoms. The Bertz CT molecular complexity index is 924. The van der Waals surface area contributed by atoms with Gasteiger partial charge in [0.25, 0.3) is 0 Å². The fourth-order valence-corrected chi connectivity index (χ4v) is 4.22. The van der Waals surface area contributed by atoms with E-state index in [1.165, 1.54) is 28.4 Å². The van der Waals surface area contributed by atoms with Crippen LogP contribution in [0, 0.1) is 0 Å². The summed E-state index contributed by atoms with van der Waals surface area (Å²) in [6.07, 6.45) is 0. The Morgan fingerprint density at radius 1 is 0.375 bits per heavy atom. The average molecular weight is 689 g/mol. The van der Waals surface area contributed by atoms with Crippen molar-refractivity contribution in [2.24, 2.45) is 0 Å². The summed E-state index contributed by atoms with van der Waals surface area (Å²) in [6, 6.07) is 0. The molecule has 4 N–H and O–H groups in total. The molecule has 20 nitrogen and oxygen atoms in total. The monoisotopic (exact) mass is 688 g/mol. The maximum Gasteiger partial charge on any atom is 0.325 e. The summed E-state index contributed by atoms with van der Waals surface area (Å²) in [6.45, 7) is 0.648. The van der Waals surface area contributed by atoms with Gasteiger partial charge in [-0.1, -0.05) is 0 Å². The summed E-state index contributed by atoms with van der Waals surface area (Å²) in [5.41, 5.74) is 0. The minimum Gasteiger partial charge on any atom is -0.468 e. The zero-order chi connectivity index (χ0) is 35.9. The third kappa shape index (κ3) is 19.3. The molecule has 48 heavy (non-hydrogen) atoms. The number of hydrogen-bond donors (Lipinski definition) is 4. The molecule has 0 spiro atoms. The van der Waals surface area contributed by atoms with Crippen molar-refractivity contribution in [3.8, 4) is 0 Å². The van der Waals surface area contributed by atoms with E-state index in [0.717, 1.165) is 0 Å². The molecule has 4 amide bonds. The molecule has 0 aliphatic carbocycles. The van der Waals surface area contributed by atoms with Gasteiger partial charge >= 0.3 is 23.9 Å². The maximum absolute atomic E-state index is 12.7. The standard InChI is InChI=1S/C28H48N8O12/c1-45-25(41)13-29-21(37)17-33-5-7-34(18-22(38)30-14-26(42)46-2)9-11-36(20-24(40)32-16-28(44)48-4)12-10-35(8-6-33)19-23(39)31-15-27(43)47-3/h5-20H2,1-4H3,(H,29,37)(H,30,38)(H,31,39)(H,32,40). The number of carbonyl (C=O) groups is 8. The number of esters is 4. The van der Waals surface area contributed by atoms with Crippen molar-refractivity contribution in [2.45, 2.75) is 0 Å². The summed E-state index contributed by atoms with van der Waals surface area (Å²) in [4.78, 5) is 104. The molecule has 1 rings (SSSR count). The maximum atomic E-state index is 12.7. The lowest BCUT2D eigenvalue weighted by Gasteiger charge is -2.33. The van der Waals surface area contributed by atoms with E-state index in [-0.39, 0.29) is 105 Å². The van der Waals surface area contributed by atoms with Gasteiger partial charge in [0.2, 0.25) is 23.6 Å². The predicted molar refractivity (Wildman–Crippen MR) is 166 cm³/mol. The van der Waals surface area contributed by atoms with Crippen LogP contribution >= 0.6 is 0 Å². The number of methoxy groups -OCH3 is 4. The van der Waals surface area contributed by atoms with E-state index in [2.05, 4.69) is 40.2 Å². The molecule has 0 bridgehead atoms. The van der Waals surface area contributed by atoms with Gasteiger partial charge < -0.3 is 40.2 Å². The van der Waals surface area contributed by atoms with Crippen LogP contribution in [0.15, 0.2) is 0 Å². The second kappa shape index (κ2) is 23.8. The zero-order valence-electron chi connectivity index (χ0n) is 28.0. The first kappa shape index (κ1) is 41.6. The van der Waals surface area contributed by atoms with Gasteiger partial charge in [0.15, 0.2) is 0 Å². The molecule has 1 heterocycles. The minimum atomic E-state index is -0.617. The van der Waals surface area contributed by atoms with Gasteiger partial charge in [0.05, 0.1) is 54.6 Å². The first-order valence-corrected chi connectivity index (χ1v) is 15.1. The highest BCUT2D eigenvalue weighted by Gasteiger charge is 2.22. The number of rotatable bonds is 16. The van der Waals surface area contributed by atoms with E-state index in [0.29, 0.717) is 0 Å². The van der Waals surface area contributed by atoms with Crippen LogP contribution in [0.5, 0.6) is 0 Å². The highest BCUT2D eigenvalue weighted by Crippen LogP contribution is 2.02. The molecule has 0 saturated carbocycles. The van der Waals surface area contributed by atoms with E-state index >= 15 is 0 Å². The van der Waals surface area contributed by atoms with Gasteiger partial charge in [-0.2, -0.15) is 0 Å². The molecule has 0 aromatic carbocycles. The van der Waals surface area contributed by atoms with Crippen LogP contribution in [-0.4, -0.2) is 200 Å². The molecular formula is C28H48N8O12. The summed E-state index contributed by atoms with van der Waals surface area (Å²) < 4.78 is 18.3. The molecule has 1 fully saturated rings. The number of amides is 4. The van der Waals surface area contributed by atoms with Crippen molar-refractivity contribution in [3.05, 3.63) is 0 Å². The Morgan fingerprint density at radius 3 is 0.688 bits per heavy atom. The van der Waals surface area contributed by atoms with Crippen LogP contribution in [-0.2, 0) is 57.3 Å². The molecule has 0 aromatic rings. The lowest BCUT2D eigenvalue weighted by Crippen LogP contribution is -2.52. The van der Waals surface area contributed by atoms with Crippen LogP contribution in [0.3, 0.4) is 0 Å². The number of hydrogen-bond acceptors (Lipinski definition) is 16. The zero-order valence-corrected chi connectivity index (χ0v) is 28.0. The summed E-state index contributed by atoms with van der Waals surface area (Å²) in [5.74, 6) is -4.24. The molecule has 0 atom stereocenters. The Balaban J connectivity index is 3.17. The number of carbonyl (C=O) groups excluding carboxylic acids is 8. The lowest BCUT2D eigenvalue weighted by molar-refractivity contribution is -0.141. The van der Waals surface area contributed by atoms with E-state index < -0.39 is 47.5 Å². The van der Waals surface area contributed by atoms with Gasteiger partial charge in [-0.3, -0.25) is 58.0 Å². The van der Waals surface area contributed by atoms with Crippen LogP contribution in [0.1, 0.15) is 0 Å². The molecule has 0 radical (unpaired) electrons. The van der Waals surface area contributed by atoms with Crippen molar-refractivity contribution in [1.29, 1.82) is 0 Å². The van der Waals surface area contributed by atoms with Crippen LogP contribution in [0.2, 0.25) is 0 Å². The van der Waals surface area contributed by atoms with Crippen molar-refractivity contribution >= 4 is 47.5 Å². The van der Waals surface area contributed by atoms with Crippen molar-refractivity contribution < 1.29 is 57.3 Å². The molecule has 0 aromatic heterocycles. The highest BCUT2D eigenvalue weighted by atomic mass is 16.5. The third-order valence-electron chi connectivity index (χ3n) is 7.03. The molecule has 1 aliphatic rings. The second-order valence-corrected chi connectivity index (χ2v) is 10.5. The number of nitrogens with one attached hydrogen (secondary N) is 4. The molecule has 1 saturated heterocycles. The molecule has 272 valence electrons. The fraction of sp³-hybridized carbons (Fsp3) is 0.714. The van der Waals surface area contributed by atoms with Gasteiger partial charge in [0.1, 0.15) is 26.2 Å². The Morgan fingerprint density at radius 2 is 0.542 bits per heavy atom. The van der Waals surface area contributed by atoms with Crippen molar-refractivity contribution in [2.75, 3.05) is 133 Å². The Labute approximate surface area is 279 Å². The molecular weight excluding hydrogens is 640 g/mol. The van der Waals surface area contributed by atoms with Gasteiger partial charge in [-0.05, 0) is 0 Å². The summed E-state index contributed by atoms with van der Waals surface area (Å²) >= 11 is 0. The quantitative estimate of drug-likeness (QED) is 0.0874. The SMILES string of the molecule is COC(=O)CNC(=O)CN1CCN(CC(=O)NCC(=O)OC)CCN(CC(=O)NCC(=O)OC)CCN(CC(=O)NCC(=O)OC)CC1. The van der Waals surface area contributed by atoms with Gasteiger partial charge in [-0.15, -0.1) is 0 Å². The van der Waals surface area contributed by atoms with Crippen molar-refractivity contribution in [1.82, 2.24) is 40.9 Å². The van der Waals surface area contributed by atoms with Crippen LogP contribution < -0.4 is 21.3 Å². The van der Waals surface area contributed by atoms with Crippen LogP contribution in [0.25, 0.3) is 0 Å². The van der Waals surface area contributed by atoms with E-state index in [1.54, 1.807) is 19.6 Å². The van der Waals surface area contributed by atoms with E-state index in [1.807, 2.05) is 0 Å². The summed E-state index contributed by atoms with van der Waals surface area (Å²) in [5, 5.41) is 9.97. The van der Waals surface area contributed by atoms with Crippen molar-refractivity contribution in [3.63, 3.8) is 0 Å². The Kier molecular flexibility index (Phi) is 20.7. The Hall–Kier alpha value is -4.40. The number of ether oxygens (including phenoxy) is 4. The van der Waals surface area contributed by atoms with E-state index in [9.17, 15) is 38.4 Å². The average Bonchev–Trinajstić information content (AvgIpc) is 3.07. The van der Waals surface area contributed by atoms with Crippen LogP contribution in [0.4, 0.5) is 0 Å². The first-order valence-electron chi connectivity index (χ1n) is 15.1. The smallest absolute Gasteiger partial charge is 0.325 e. The van der Waals surface area contributed by atoms with Gasteiger partial charge in [-0.25, -0.2) is 0 Å². The highest BCUT2D eigenvalue weighted by molar-refractivity contribution is 5.85. The summed E-state index contributed by atoms with van der Waals surface area (Å²) in [7, 11) is 4.80. The fourth-order valence-electron chi connectivity index (χ4n) is 4.22. The number of nitrogens with zero attached hydrogens (tertiary/aromatic N) is 4. The normalized spacial score (nSPS) is 15.4. The molecule has 1 aliphatic heterocycles. The topological polar surface area (TPSA) is 235 Å². The first-order chi connectivity index (χ1) is 22.9. The lowest BCUT2D eigenvalue weighted by atomic mass is 10.3. The minimum absolute atomic E-state index is 0.103. The predicted octanol–water partition coefficient (Wildman–Crippen LogP) is -5.64. The second-order valence-electron chi connectivity index (χ2n) is 10.5. The van der Waals surface area contributed by atoms with Gasteiger partial charge in [0, 0.05) is 52.4 Å². The molecule has 0 unspecified atom stereocenters. The third-order valence-corrected chi connectivity index (χ3v) is 7.03.